The fraction of sp³-hybridized carbons (Fsp3) is 0.409. The number of hydrogen-bond acceptors (Lipinski definition) is 6. The van der Waals surface area contributed by atoms with E-state index in [1.807, 2.05) is 31.2 Å². The van der Waals surface area contributed by atoms with Crippen LogP contribution in [0.15, 0.2) is 47.4 Å². The Hall–Kier alpha value is -2.62. The van der Waals surface area contributed by atoms with E-state index in [9.17, 15) is 13.2 Å². The normalized spacial score (nSPS) is 15.8. The van der Waals surface area contributed by atoms with Crippen molar-refractivity contribution in [2.75, 3.05) is 40.0 Å². The number of sulfonamides is 1. The zero-order chi connectivity index (χ0) is 22.4. The molecule has 0 aliphatic carbocycles. The van der Waals surface area contributed by atoms with Crippen molar-refractivity contribution in [3.63, 3.8) is 0 Å². The molecule has 31 heavy (non-hydrogen) atoms. The third-order valence-electron chi connectivity index (χ3n) is 5.10. The first kappa shape index (κ1) is 23.1. The van der Waals surface area contributed by atoms with Crippen molar-refractivity contribution in [1.82, 2.24) is 9.62 Å². The number of benzene rings is 2. The molecule has 2 aromatic carbocycles. The maximum absolute atomic E-state index is 12.8. The molecular weight excluding hydrogens is 420 g/mol. The number of morpholine rings is 1. The van der Waals surface area contributed by atoms with E-state index in [-0.39, 0.29) is 23.5 Å². The summed E-state index contributed by atoms with van der Waals surface area (Å²) in [6.07, 6.45) is 0. The zero-order valence-electron chi connectivity index (χ0n) is 18.0. The number of carbonyl (C=O) groups excluding carboxylic acids is 1. The Labute approximate surface area is 183 Å². The number of rotatable bonds is 8. The summed E-state index contributed by atoms with van der Waals surface area (Å²) in [6, 6.07) is 11.9. The molecule has 2 aromatic rings. The highest BCUT2D eigenvalue weighted by molar-refractivity contribution is 7.89. The number of ether oxygens (including phenoxy) is 3. The highest BCUT2D eigenvalue weighted by atomic mass is 32.2. The van der Waals surface area contributed by atoms with Gasteiger partial charge in [-0.2, -0.15) is 4.31 Å². The molecule has 1 aliphatic heterocycles. The van der Waals surface area contributed by atoms with Crippen LogP contribution in [0.2, 0.25) is 0 Å². The molecular formula is C22H28N2O6S. The molecule has 1 N–H and O–H groups in total. The molecule has 0 bridgehead atoms. The predicted molar refractivity (Wildman–Crippen MR) is 116 cm³/mol. The van der Waals surface area contributed by atoms with E-state index in [2.05, 4.69) is 5.32 Å². The lowest BCUT2D eigenvalue weighted by atomic mass is 10.1. The predicted octanol–water partition coefficient (Wildman–Crippen LogP) is 2.28. The monoisotopic (exact) mass is 448 g/mol. The average Bonchev–Trinajstić information content (AvgIpc) is 2.78. The topological polar surface area (TPSA) is 94.2 Å². The Balaban J connectivity index is 1.61. The fourth-order valence-electron chi connectivity index (χ4n) is 3.41. The second-order valence-electron chi connectivity index (χ2n) is 7.26. The first-order valence-corrected chi connectivity index (χ1v) is 11.5. The van der Waals surface area contributed by atoms with Gasteiger partial charge in [-0.25, -0.2) is 8.42 Å². The standard InChI is InChI=1S/C22H28N2O6S/c1-16-14-18(31(26,27)24-10-12-29-13-11-24)8-9-20(16)30-15-22(25)23-17(2)19-6-4-5-7-21(19)28-3/h4-9,14,17H,10-13,15H2,1-3H3,(H,23,25)/t17-/m0/s1. The summed E-state index contributed by atoms with van der Waals surface area (Å²) in [4.78, 5) is 12.6. The molecule has 1 atom stereocenters. The van der Waals surface area contributed by atoms with Gasteiger partial charge in [-0.1, -0.05) is 18.2 Å². The molecule has 1 amide bonds. The molecule has 0 radical (unpaired) electrons. The van der Waals surface area contributed by atoms with Gasteiger partial charge < -0.3 is 19.5 Å². The number of aryl methyl sites for hydroxylation is 1. The van der Waals surface area contributed by atoms with Crippen LogP contribution in [0.3, 0.4) is 0 Å². The van der Waals surface area contributed by atoms with Gasteiger partial charge in [0.15, 0.2) is 6.61 Å². The minimum absolute atomic E-state index is 0.185. The maximum Gasteiger partial charge on any atom is 0.258 e. The summed E-state index contributed by atoms with van der Waals surface area (Å²) < 4.78 is 43.2. The lowest BCUT2D eigenvalue weighted by Crippen LogP contribution is -2.40. The fourth-order valence-corrected chi connectivity index (χ4v) is 4.90. The second kappa shape index (κ2) is 10.1. The van der Waals surface area contributed by atoms with Gasteiger partial charge in [-0.15, -0.1) is 0 Å². The highest BCUT2D eigenvalue weighted by Gasteiger charge is 2.26. The van der Waals surface area contributed by atoms with E-state index in [1.54, 1.807) is 26.2 Å². The molecule has 0 aromatic heterocycles. The molecule has 0 saturated carbocycles. The van der Waals surface area contributed by atoms with E-state index in [4.69, 9.17) is 14.2 Å². The average molecular weight is 449 g/mol. The number of nitrogens with zero attached hydrogens (tertiary/aromatic N) is 1. The third-order valence-corrected chi connectivity index (χ3v) is 6.99. The van der Waals surface area contributed by atoms with Gasteiger partial charge >= 0.3 is 0 Å². The van der Waals surface area contributed by atoms with Crippen molar-refractivity contribution >= 4 is 15.9 Å². The number of nitrogens with one attached hydrogen (secondary N) is 1. The Morgan fingerprint density at radius 1 is 1.16 bits per heavy atom. The number of methoxy groups -OCH3 is 1. The van der Waals surface area contributed by atoms with Crippen LogP contribution < -0.4 is 14.8 Å². The van der Waals surface area contributed by atoms with Crippen molar-refractivity contribution in [2.24, 2.45) is 0 Å². The van der Waals surface area contributed by atoms with E-state index in [1.165, 1.54) is 10.4 Å². The molecule has 1 heterocycles. The highest BCUT2D eigenvalue weighted by Crippen LogP contribution is 2.26. The van der Waals surface area contributed by atoms with Gasteiger partial charge in [0.2, 0.25) is 10.0 Å². The summed E-state index contributed by atoms with van der Waals surface area (Å²) in [5.74, 6) is 0.868. The number of amides is 1. The van der Waals surface area contributed by atoms with E-state index in [0.29, 0.717) is 43.4 Å². The smallest absolute Gasteiger partial charge is 0.258 e. The Morgan fingerprint density at radius 3 is 2.55 bits per heavy atom. The van der Waals surface area contributed by atoms with Crippen LogP contribution in [-0.4, -0.2) is 58.7 Å². The van der Waals surface area contributed by atoms with E-state index < -0.39 is 10.0 Å². The maximum atomic E-state index is 12.8. The molecule has 1 aliphatic rings. The number of para-hydroxylation sites is 1. The summed E-state index contributed by atoms with van der Waals surface area (Å²) in [5.41, 5.74) is 1.51. The molecule has 1 fully saturated rings. The quantitative estimate of drug-likeness (QED) is 0.666. The van der Waals surface area contributed by atoms with Crippen LogP contribution in [-0.2, 0) is 19.6 Å². The summed E-state index contributed by atoms with van der Waals surface area (Å²) in [7, 11) is -1.99. The van der Waals surface area contributed by atoms with Crippen molar-refractivity contribution in [1.29, 1.82) is 0 Å². The summed E-state index contributed by atoms with van der Waals surface area (Å²) in [6.45, 7) is 4.89. The van der Waals surface area contributed by atoms with Crippen LogP contribution in [0, 0.1) is 6.92 Å². The van der Waals surface area contributed by atoms with Gasteiger partial charge in [-0.3, -0.25) is 4.79 Å². The van der Waals surface area contributed by atoms with Crippen molar-refractivity contribution in [2.45, 2.75) is 24.8 Å². The van der Waals surface area contributed by atoms with Crippen LogP contribution in [0.25, 0.3) is 0 Å². The molecule has 9 heteroatoms. The first-order valence-electron chi connectivity index (χ1n) is 10.1. The van der Waals surface area contributed by atoms with Gasteiger partial charge in [0.1, 0.15) is 11.5 Å². The Kier molecular flexibility index (Phi) is 7.53. The molecule has 1 saturated heterocycles. The lowest BCUT2D eigenvalue weighted by Gasteiger charge is -2.26. The number of hydrogen-bond donors (Lipinski definition) is 1. The summed E-state index contributed by atoms with van der Waals surface area (Å²) in [5, 5.41) is 2.88. The van der Waals surface area contributed by atoms with Crippen molar-refractivity contribution in [3.05, 3.63) is 53.6 Å². The zero-order valence-corrected chi connectivity index (χ0v) is 18.8. The first-order chi connectivity index (χ1) is 14.8. The van der Waals surface area contributed by atoms with Gasteiger partial charge in [0.25, 0.3) is 5.91 Å². The van der Waals surface area contributed by atoms with Crippen LogP contribution in [0.4, 0.5) is 0 Å². The molecule has 0 spiro atoms. The molecule has 168 valence electrons. The minimum atomic E-state index is -3.58. The molecule has 8 nitrogen and oxygen atoms in total. The SMILES string of the molecule is COc1ccccc1[C@H](C)NC(=O)COc1ccc(S(=O)(=O)N2CCOCC2)cc1C. The number of carbonyl (C=O) groups is 1. The van der Waals surface area contributed by atoms with Crippen LogP contribution >= 0.6 is 0 Å². The Bertz CT molecular complexity index is 1020. The molecule has 3 rings (SSSR count). The van der Waals surface area contributed by atoms with Crippen molar-refractivity contribution < 1.29 is 27.4 Å². The summed E-state index contributed by atoms with van der Waals surface area (Å²) >= 11 is 0. The van der Waals surface area contributed by atoms with Crippen LogP contribution in [0.5, 0.6) is 11.5 Å². The minimum Gasteiger partial charge on any atom is -0.496 e. The van der Waals surface area contributed by atoms with Gasteiger partial charge in [0, 0.05) is 18.7 Å². The molecule has 0 unspecified atom stereocenters. The Morgan fingerprint density at radius 2 is 1.87 bits per heavy atom. The second-order valence-corrected chi connectivity index (χ2v) is 9.20. The van der Waals surface area contributed by atoms with Gasteiger partial charge in [0.05, 0.1) is 31.3 Å². The van der Waals surface area contributed by atoms with Crippen LogP contribution in [0.1, 0.15) is 24.1 Å². The third kappa shape index (κ3) is 5.55. The lowest BCUT2D eigenvalue weighted by molar-refractivity contribution is -0.123. The van der Waals surface area contributed by atoms with E-state index >= 15 is 0 Å². The largest absolute Gasteiger partial charge is 0.496 e. The van der Waals surface area contributed by atoms with Crippen molar-refractivity contribution in [3.8, 4) is 11.5 Å². The van der Waals surface area contributed by atoms with E-state index in [0.717, 1.165) is 5.56 Å². The van der Waals surface area contributed by atoms with Gasteiger partial charge in [-0.05, 0) is 43.7 Å².